The van der Waals surface area contributed by atoms with E-state index < -0.39 is 0 Å². The molecule has 1 fully saturated rings. The van der Waals surface area contributed by atoms with Gasteiger partial charge in [0.15, 0.2) is 5.96 Å². The second-order valence-corrected chi connectivity index (χ2v) is 7.41. The van der Waals surface area contributed by atoms with Gasteiger partial charge in [-0.3, -0.25) is 4.90 Å². The lowest BCUT2D eigenvalue weighted by molar-refractivity contribution is -0.00834. The van der Waals surface area contributed by atoms with Crippen molar-refractivity contribution in [1.29, 1.82) is 0 Å². The van der Waals surface area contributed by atoms with Crippen molar-refractivity contribution in [3.8, 4) is 0 Å². The van der Waals surface area contributed by atoms with Gasteiger partial charge in [0.2, 0.25) is 0 Å². The number of nitrogens with zero attached hydrogens (tertiary/aromatic N) is 2. The minimum Gasteiger partial charge on any atom is -0.379 e. The standard InChI is InChI=1S/C21H36N4O2/c1-5-22-20(24-17-21(3,4)25-11-13-27-14-12-25)23-15-18-7-9-19(10-8-18)16-26-6-2/h7-10H,5-6,11-17H2,1-4H3,(H2,22,23,24). The number of aliphatic imine (C=N–C) groups is 1. The van der Waals surface area contributed by atoms with Crippen LogP contribution in [0.4, 0.5) is 0 Å². The molecule has 2 N–H and O–H groups in total. The molecule has 0 saturated carbocycles. The first-order valence-electron chi connectivity index (χ1n) is 10.1. The van der Waals surface area contributed by atoms with Crippen LogP contribution in [0.2, 0.25) is 0 Å². The van der Waals surface area contributed by atoms with Crippen molar-refractivity contribution >= 4 is 5.96 Å². The Balaban J connectivity index is 1.89. The van der Waals surface area contributed by atoms with Gasteiger partial charge in [-0.1, -0.05) is 24.3 Å². The molecule has 0 radical (unpaired) electrons. The maximum absolute atomic E-state index is 5.47. The minimum atomic E-state index is 0.0564. The lowest BCUT2D eigenvalue weighted by Gasteiger charge is -2.41. The molecule has 6 nitrogen and oxygen atoms in total. The smallest absolute Gasteiger partial charge is 0.191 e. The van der Waals surface area contributed by atoms with Crippen LogP contribution in [-0.4, -0.2) is 62.4 Å². The van der Waals surface area contributed by atoms with E-state index in [9.17, 15) is 0 Å². The molecule has 152 valence electrons. The van der Waals surface area contributed by atoms with Gasteiger partial charge in [0.1, 0.15) is 0 Å². The Morgan fingerprint density at radius 3 is 2.41 bits per heavy atom. The quantitative estimate of drug-likeness (QED) is 0.512. The van der Waals surface area contributed by atoms with E-state index in [4.69, 9.17) is 14.5 Å². The van der Waals surface area contributed by atoms with Gasteiger partial charge in [-0.05, 0) is 38.8 Å². The summed E-state index contributed by atoms with van der Waals surface area (Å²) >= 11 is 0. The predicted octanol–water partition coefficient (Wildman–Crippen LogP) is 2.39. The number of morpholine rings is 1. The Labute approximate surface area is 164 Å². The van der Waals surface area contributed by atoms with Gasteiger partial charge < -0.3 is 20.1 Å². The molecule has 6 heteroatoms. The zero-order valence-corrected chi connectivity index (χ0v) is 17.4. The Bertz CT molecular complexity index is 566. The van der Waals surface area contributed by atoms with E-state index in [1.54, 1.807) is 0 Å². The third-order valence-corrected chi connectivity index (χ3v) is 4.82. The van der Waals surface area contributed by atoms with E-state index in [0.717, 1.165) is 52.0 Å². The first-order valence-corrected chi connectivity index (χ1v) is 10.1. The van der Waals surface area contributed by atoms with Gasteiger partial charge in [0.25, 0.3) is 0 Å². The minimum absolute atomic E-state index is 0.0564. The highest BCUT2D eigenvalue weighted by Crippen LogP contribution is 2.15. The lowest BCUT2D eigenvalue weighted by Crippen LogP contribution is -2.56. The van der Waals surface area contributed by atoms with Crippen LogP contribution < -0.4 is 10.6 Å². The fourth-order valence-electron chi connectivity index (χ4n) is 3.05. The monoisotopic (exact) mass is 376 g/mol. The zero-order valence-electron chi connectivity index (χ0n) is 17.4. The molecule has 27 heavy (non-hydrogen) atoms. The third-order valence-electron chi connectivity index (χ3n) is 4.82. The van der Waals surface area contributed by atoms with Crippen LogP contribution >= 0.6 is 0 Å². The summed E-state index contributed by atoms with van der Waals surface area (Å²) in [5, 5.41) is 6.85. The van der Waals surface area contributed by atoms with Crippen molar-refractivity contribution in [3.05, 3.63) is 35.4 Å². The van der Waals surface area contributed by atoms with Crippen molar-refractivity contribution in [1.82, 2.24) is 15.5 Å². The largest absolute Gasteiger partial charge is 0.379 e. The molecule has 1 aliphatic rings. The summed E-state index contributed by atoms with van der Waals surface area (Å²) in [5.41, 5.74) is 2.45. The summed E-state index contributed by atoms with van der Waals surface area (Å²) in [6.07, 6.45) is 0. The van der Waals surface area contributed by atoms with Gasteiger partial charge in [0.05, 0.1) is 26.4 Å². The summed E-state index contributed by atoms with van der Waals surface area (Å²) in [6.45, 7) is 16.0. The van der Waals surface area contributed by atoms with Gasteiger partial charge in [-0.25, -0.2) is 4.99 Å². The van der Waals surface area contributed by atoms with E-state index in [2.05, 4.69) is 60.6 Å². The predicted molar refractivity (Wildman–Crippen MR) is 111 cm³/mol. The number of nitrogens with one attached hydrogen (secondary N) is 2. The molecule has 0 unspecified atom stereocenters. The van der Waals surface area contributed by atoms with Crippen LogP contribution in [0.25, 0.3) is 0 Å². The maximum atomic E-state index is 5.47. The molecule has 1 saturated heterocycles. The molecule has 1 heterocycles. The average molecular weight is 377 g/mol. The van der Waals surface area contributed by atoms with E-state index >= 15 is 0 Å². The first-order chi connectivity index (χ1) is 13.0. The molecule has 1 aromatic carbocycles. The highest BCUT2D eigenvalue weighted by molar-refractivity contribution is 5.79. The van der Waals surface area contributed by atoms with Crippen LogP contribution in [0.3, 0.4) is 0 Å². The molecule has 0 amide bonds. The fourth-order valence-corrected chi connectivity index (χ4v) is 3.05. The van der Waals surface area contributed by atoms with Gasteiger partial charge in [-0.2, -0.15) is 0 Å². The second kappa shape index (κ2) is 11.3. The molecule has 0 aliphatic carbocycles. The van der Waals surface area contributed by atoms with E-state index in [1.807, 2.05) is 6.92 Å². The summed E-state index contributed by atoms with van der Waals surface area (Å²) in [7, 11) is 0. The summed E-state index contributed by atoms with van der Waals surface area (Å²) in [6, 6.07) is 8.48. The van der Waals surface area contributed by atoms with E-state index in [0.29, 0.717) is 13.2 Å². The van der Waals surface area contributed by atoms with Crippen molar-refractivity contribution in [2.45, 2.75) is 46.4 Å². The first kappa shape index (κ1) is 21.7. The van der Waals surface area contributed by atoms with Crippen LogP contribution in [0, 0.1) is 0 Å². The zero-order chi connectivity index (χ0) is 19.5. The number of hydrogen-bond acceptors (Lipinski definition) is 4. The molecule has 0 bridgehead atoms. The number of benzene rings is 1. The van der Waals surface area contributed by atoms with Crippen LogP contribution in [0.1, 0.15) is 38.8 Å². The number of rotatable bonds is 9. The summed E-state index contributed by atoms with van der Waals surface area (Å²) in [4.78, 5) is 7.22. The van der Waals surface area contributed by atoms with Gasteiger partial charge >= 0.3 is 0 Å². The van der Waals surface area contributed by atoms with Crippen LogP contribution in [-0.2, 0) is 22.6 Å². The topological polar surface area (TPSA) is 58.1 Å². The van der Waals surface area contributed by atoms with Crippen molar-refractivity contribution in [2.24, 2.45) is 4.99 Å². The Morgan fingerprint density at radius 2 is 1.78 bits per heavy atom. The second-order valence-electron chi connectivity index (χ2n) is 7.41. The highest BCUT2D eigenvalue weighted by atomic mass is 16.5. The normalized spacial score (nSPS) is 16.4. The average Bonchev–Trinajstić information content (AvgIpc) is 2.70. The molecule has 0 aromatic heterocycles. The molecular formula is C21H36N4O2. The lowest BCUT2D eigenvalue weighted by atomic mass is 10.0. The number of hydrogen-bond donors (Lipinski definition) is 2. The van der Waals surface area contributed by atoms with Crippen molar-refractivity contribution in [3.63, 3.8) is 0 Å². The third kappa shape index (κ3) is 7.48. The summed E-state index contributed by atoms with van der Waals surface area (Å²) in [5.74, 6) is 0.859. The maximum Gasteiger partial charge on any atom is 0.191 e. The molecule has 1 aromatic rings. The molecule has 0 spiro atoms. The Hall–Kier alpha value is -1.63. The SMILES string of the molecule is CCNC(=NCc1ccc(COCC)cc1)NCC(C)(C)N1CCOCC1. The van der Waals surface area contributed by atoms with Crippen molar-refractivity contribution < 1.29 is 9.47 Å². The van der Waals surface area contributed by atoms with Gasteiger partial charge in [0, 0.05) is 38.3 Å². The van der Waals surface area contributed by atoms with E-state index in [1.165, 1.54) is 11.1 Å². The Morgan fingerprint density at radius 1 is 1.11 bits per heavy atom. The molecule has 0 atom stereocenters. The molecule has 1 aliphatic heterocycles. The van der Waals surface area contributed by atoms with Crippen LogP contribution in [0.5, 0.6) is 0 Å². The summed E-state index contributed by atoms with van der Waals surface area (Å²) < 4.78 is 10.9. The van der Waals surface area contributed by atoms with E-state index in [-0.39, 0.29) is 5.54 Å². The Kier molecular flexibility index (Phi) is 9.04. The van der Waals surface area contributed by atoms with Crippen molar-refractivity contribution in [2.75, 3.05) is 46.0 Å². The molecule has 2 rings (SSSR count). The molecular weight excluding hydrogens is 340 g/mol. The highest BCUT2D eigenvalue weighted by Gasteiger charge is 2.28. The van der Waals surface area contributed by atoms with Crippen LogP contribution in [0.15, 0.2) is 29.3 Å². The number of ether oxygens (including phenoxy) is 2. The van der Waals surface area contributed by atoms with Gasteiger partial charge in [-0.15, -0.1) is 0 Å². The number of guanidine groups is 1. The fraction of sp³-hybridized carbons (Fsp3) is 0.667.